The van der Waals surface area contributed by atoms with Crippen molar-refractivity contribution in [1.29, 1.82) is 10.5 Å². The maximum absolute atomic E-state index is 10.3. The van der Waals surface area contributed by atoms with Gasteiger partial charge in [-0.3, -0.25) is 10.1 Å². The molecule has 74 valence electrons. The Morgan fingerprint density at radius 2 is 1.73 bits per heavy atom. The van der Waals surface area contributed by atoms with E-state index in [1.165, 1.54) is 12.1 Å². The first-order valence-electron chi connectivity index (χ1n) is 3.77. The van der Waals surface area contributed by atoms with Crippen molar-refractivity contribution >= 4 is 5.69 Å². The molecule has 1 rings (SSSR count). The van der Waals surface area contributed by atoms with Crippen LogP contribution >= 0.6 is 0 Å². The summed E-state index contributed by atoms with van der Waals surface area (Å²) in [5.41, 5.74) is -0.0136. The Labute approximate surface area is 86.6 Å². The zero-order valence-corrected chi connectivity index (χ0v) is 7.80. The molecule has 0 aliphatic heterocycles. The SMILES string of the molecule is C=C.N#Cc1ccc([N+](=O)[O-])cc1C#N. The van der Waals surface area contributed by atoms with Crippen molar-refractivity contribution in [3.05, 3.63) is 52.6 Å². The quantitative estimate of drug-likeness (QED) is 0.395. The normalized spacial score (nSPS) is 7.60. The Morgan fingerprint density at radius 3 is 2.13 bits per heavy atom. The fourth-order valence-electron chi connectivity index (χ4n) is 0.836. The number of nitro benzene ring substituents is 1. The van der Waals surface area contributed by atoms with Crippen molar-refractivity contribution in [3.63, 3.8) is 0 Å². The molecule has 0 aromatic heterocycles. The van der Waals surface area contributed by atoms with Crippen molar-refractivity contribution in [2.24, 2.45) is 0 Å². The van der Waals surface area contributed by atoms with E-state index in [2.05, 4.69) is 13.2 Å². The number of nitriles is 2. The highest BCUT2D eigenvalue weighted by Crippen LogP contribution is 2.16. The van der Waals surface area contributed by atoms with Crippen LogP contribution in [-0.4, -0.2) is 4.92 Å². The molecule has 15 heavy (non-hydrogen) atoms. The second-order valence-corrected chi connectivity index (χ2v) is 2.21. The van der Waals surface area contributed by atoms with E-state index in [1.54, 1.807) is 12.1 Å². The fourth-order valence-corrected chi connectivity index (χ4v) is 0.836. The topological polar surface area (TPSA) is 90.7 Å². The second kappa shape index (κ2) is 5.90. The Kier molecular flexibility index (Phi) is 4.85. The molecular formula is C10H7N3O2. The summed E-state index contributed by atoms with van der Waals surface area (Å²) in [5, 5.41) is 27.3. The van der Waals surface area contributed by atoms with Crippen LogP contribution in [0.5, 0.6) is 0 Å². The molecule has 0 aliphatic carbocycles. The predicted molar refractivity (Wildman–Crippen MR) is 53.8 cm³/mol. The molecule has 5 heteroatoms. The lowest BCUT2D eigenvalue weighted by Gasteiger charge is -1.93. The van der Waals surface area contributed by atoms with Crippen molar-refractivity contribution in [1.82, 2.24) is 0 Å². The Balaban J connectivity index is 0.000000921. The van der Waals surface area contributed by atoms with Gasteiger partial charge >= 0.3 is 0 Å². The molecule has 0 saturated heterocycles. The Hall–Kier alpha value is -2.66. The van der Waals surface area contributed by atoms with Gasteiger partial charge in [0.1, 0.15) is 12.1 Å². The van der Waals surface area contributed by atoms with Crippen LogP contribution in [0.25, 0.3) is 0 Å². The number of nitrogens with zero attached hydrogens (tertiary/aromatic N) is 3. The van der Waals surface area contributed by atoms with Crippen LogP contribution in [0.1, 0.15) is 11.1 Å². The third kappa shape index (κ3) is 2.94. The molecule has 0 radical (unpaired) electrons. The Morgan fingerprint density at radius 1 is 1.20 bits per heavy atom. The first-order valence-corrected chi connectivity index (χ1v) is 3.77. The molecule has 5 nitrogen and oxygen atoms in total. The van der Waals surface area contributed by atoms with Crippen LogP contribution in [0.2, 0.25) is 0 Å². The van der Waals surface area contributed by atoms with Gasteiger partial charge in [-0.25, -0.2) is 0 Å². The number of non-ortho nitro benzene ring substituents is 1. The summed E-state index contributed by atoms with van der Waals surface area (Å²) in [6, 6.07) is 7.02. The number of nitro groups is 1. The van der Waals surface area contributed by atoms with Gasteiger partial charge in [-0.15, -0.1) is 13.2 Å². The van der Waals surface area contributed by atoms with Crippen molar-refractivity contribution < 1.29 is 4.92 Å². The van der Waals surface area contributed by atoms with E-state index in [-0.39, 0.29) is 16.8 Å². The lowest BCUT2D eigenvalue weighted by molar-refractivity contribution is -0.384. The highest BCUT2D eigenvalue weighted by atomic mass is 16.6. The van der Waals surface area contributed by atoms with Gasteiger partial charge in [0.2, 0.25) is 0 Å². The monoisotopic (exact) mass is 201 g/mol. The maximum Gasteiger partial charge on any atom is 0.270 e. The second-order valence-electron chi connectivity index (χ2n) is 2.21. The standard InChI is InChI=1S/C8H3N3O2.C2H4/c9-4-6-1-2-8(11(12)13)3-7(6)5-10;1-2/h1-3H;1-2H2. The summed E-state index contributed by atoms with van der Waals surface area (Å²) in [5.74, 6) is 0. The van der Waals surface area contributed by atoms with E-state index in [9.17, 15) is 10.1 Å². The molecule has 0 unspecified atom stereocenters. The van der Waals surface area contributed by atoms with E-state index >= 15 is 0 Å². The number of hydrogen-bond acceptors (Lipinski definition) is 4. The van der Waals surface area contributed by atoms with Crippen molar-refractivity contribution in [2.45, 2.75) is 0 Å². The summed E-state index contributed by atoms with van der Waals surface area (Å²) in [6.45, 7) is 6.00. The number of hydrogen-bond donors (Lipinski definition) is 0. The fraction of sp³-hybridized carbons (Fsp3) is 0. The minimum Gasteiger partial charge on any atom is -0.258 e. The maximum atomic E-state index is 10.3. The third-order valence-corrected chi connectivity index (χ3v) is 1.45. The van der Waals surface area contributed by atoms with Crippen LogP contribution in [-0.2, 0) is 0 Å². The molecule has 0 atom stereocenters. The van der Waals surface area contributed by atoms with Crippen molar-refractivity contribution in [3.8, 4) is 12.1 Å². The lowest BCUT2D eigenvalue weighted by Crippen LogP contribution is -1.90. The molecule has 0 saturated carbocycles. The third-order valence-electron chi connectivity index (χ3n) is 1.45. The first kappa shape index (κ1) is 12.3. The summed E-state index contributed by atoms with van der Waals surface area (Å²) >= 11 is 0. The van der Waals surface area contributed by atoms with E-state index in [1.807, 2.05) is 0 Å². The largest absolute Gasteiger partial charge is 0.270 e. The highest BCUT2D eigenvalue weighted by Gasteiger charge is 2.09. The summed E-state index contributed by atoms with van der Waals surface area (Å²) < 4.78 is 0. The zero-order valence-electron chi connectivity index (χ0n) is 7.80. The van der Waals surface area contributed by atoms with Gasteiger partial charge in [0.15, 0.2) is 0 Å². The van der Waals surface area contributed by atoms with Crippen LogP contribution in [0.15, 0.2) is 31.4 Å². The van der Waals surface area contributed by atoms with Crippen LogP contribution in [0.3, 0.4) is 0 Å². The molecule has 0 spiro atoms. The molecule has 1 aromatic carbocycles. The lowest BCUT2D eigenvalue weighted by atomic mass is 10.1. The van der Waals surface area contributed by atoms with Crippen LogP contribution in [0.4, 0.5) is 5.69 Å². The molecule has 1 aromatic rings. The van der Waals surface area contributed by atoms with Gasteiger partial charge in [-0.1, -0.05) is 0 Å². The highest BCUT2D eigenvalue weighted by molar-refractivity contribution is 5.51. The average molecular weight is 201 g/mol. The molecule has 0 N–H and O–H groups in total. The number of rotatable bonds is 1. The first-order chi connectivity index (χ1) is 7.19. The average Bonchev–Trinajstić information content (AvgIpc) is 2.30. The van der Waals surface area contributed by atoms with E-state index in [0.717, 1.165) is 6.07 Å². The summed E-state index contributed by atoms with van der Waals surface area (Å²) in [7, 11) is 0. The van der Waals surface area contributed by atoms with Crippen LogP contribution < -0.4 is 0 Å². The van der Waals surface area contributed by atoms with Gasteiger partial charge in [0.05, 0.1) is 16.1 Å². The smallest absolute Gasteiger partial charge is 0.258 e. The molecular weight excluding hydrogens is 194 g/mol. The zero-order chi connectivity index (χ0) is 11.8. The minimum absolute atomic E-state index is 0.0247. The summed E-state index contributed by atoms with van der Waals surface area (Å²) in [4.78, 5) is 9.67. The number of benzene rings is 1. The minimum atomic E-state index is -0.609. The molecule has 0 amide bonds. The molecule has 0 heterocycles. The van der Waals surface area contributed by atoms with Gasteiger partial charge in [-0.2, -0.15) is 10.5 Å². The predicted octanol–water partition coefficient (Wildman–Crippen LogP) is 2.14. The van der Waals surface area contributed by atoms with Crippen LogP contribution in [0, 0.1) is 32.8 Å². The van der Waals surface area contributed by atoms with Gasteiger partial charge in [-0.05, 0) is 6.07 Å². The summed E-state index contributed by atoms with van der Waals surface area (Å²) in [6.07, 6.45) is 0. The van der Waals surface area contributed by atoms with Gasteiger partial charge in [0.25, 0.3) is 5.69 Å². The van der Waals surface area contributed by atoms with Gasteiger partial charge in [0, 0.05) is 12.1 Å². The van der Waals surface area contributed by atoms with E-state index in [0.29, 0.717) is 0 Å². The Bertz CT molecular complexity index is 455. The molecule has 0 aliphatic rings. The van der Waals surface area contributed by atoms with Gasteiger partial charge < -0.3 is 0 Å². The van der Waals surface area contributed by atoms with Crippen molar-refractivity contribution in [2.75, 3.05) is 0 Å². The molecule has 0 bridgehead atoms. The van der Waals surface area contributed by atoms with E-state index < -0.39 is 4.92 Å². The molecule has 0 fully saturated rings. The van der Waals surface area contributed by atoms with E-state index in [4.69, 9.17) is 10.5 Å².